The molecule has 5 rings (SSSR count). The molecule has 0 spiro atoms. The van der Waals surface area contributed by atoms with Crippen molar-refractivity contribution in [3.05, 3.63) is 53.7 Å². The number of H-pyrrole nitrogens is 1. The first kappa shape index (κ1) is 18.4. The van der Waals surface area contributed by atoms with Crippen LogP contribution in [-0.4, -0.2) is 40.8 Å². The highest BCUT2D eigenvalue weighted by Gasteiger charge is 2.32. The number of nitrogens with one attached hydrogen (secondary N) is 1. The van der Waals surface area contributed by atoms with Crippen LogP contribution in [0.4, 0.5) is 5.82 Å². The highest BCUT2D eigenvalue weighted by Crippen LogP contribution is 2.41. The van der Waals surface area contributed by atoms with E-state index in [1.807, 2.05) is 42.5 Å². The zero-order valence-corrected chi connectivity index (χ0v) is 16.7. The van der Waals surface area contributed by atoms with Crippen molar-refractivity contribution in [1.29, 1.82) is 0 Å². The van der Waals surface area contributed by atoms with Crippen LogP contribution in [0, 0.1) is 5.21 Å². The van der Waals surface area contributed by atoms with Crippen LogP contribution in [0.3, 0.4) is 0 Å². The average Bonchev–Trinajstić information content (AvgIpc) is 3.34. The molecule has 0 unspecified atom stereocenters. The molecule has 1 saturated heterocycles. The van der Waals surface area contributed by atoms with E-state index in [4.69, 9.17) is 4.74 Å². The zero-order valence-electron chi connectivity index (χ0n) is 16.7. The SMILES string of the molecule is COc1ccc2c(-c3ccccc3)c(-c3nn[nH]n3)c(N3CCCCC3)[n+]([O-])c2c1. The molecule has 4 aromatic rings. The molecule has 2 aromatic heterocycles. The van der Waals surface area contributed by atoms with Gasteiger partial charge < -0.3 is 9.94 Å². The predicted molar refractivity (Wildman–Crippen MR) is 114 cm³/mol. The fourth-order valence-corrected chi connectivity index (χ4v) is 4.26. The summed E-state index contributed by atoms with van der Waals surface area (Å²) in [4.78, 5) is 2.15. The largest absolute Gasteiger partial charge is 0.710 e. The molecule has 1 aliphatic heterocycles. The topological polar surface area (TPSA) is 93.9 Å². The molecule has 0 bridgehead atoms. The Morgan fingerprint density at radius 1 is 1.03 bits per heavy atom. The number of ether oxygens (including phenoxy) is 1. The van der Waals surface area contributed by atoms with Crippen molar-refractivity contribution in [3.63, 3.8) is 0 Å². The number of rotatable bonds is 4. The number of anilines is 1. The molecule has 1 aliphatic rings. The molecule has 3 heterocycles. The minimum absolute atomic E-state index is 0.414. The molecule has 152 valence electrons. The van der Waals surface area contributed by atoms with E-state index < -0.39 is 0 Å². The lowest BCUT2D eigenvalue weighted by atomic mass is 9.94. The van der Waals surface area contributed by atoms with Gasteiger partial charge in [0.15, 0.2) is 0 Å². The Hall–Kier alpha value is -3.68. The van der Waals surface area contributed by atoms with Gasteiger partial charge in [-0.25, -0.2) is 4.73 Å². The fraction of sp³-hybridized carbons (Fsp3) is 0.273. The summed E-state index contributed by atoms with van der Waals surface area (Å²) >= 11 is 0. The van der Waals surface area contributed by atoms with Crippen LogP contribution in [0.2, 0.25) is 0 Å². The third kappa shape index (κ3) is 3.01. The van der Waals surface area contributed by atoms with Crippen LogP contribution >= 0.6 is 0 Å². The van der Waals surface area contributed by atoms with E-state index in [0.717, 1.165) is 47.2 Å². The van der Waals surface area contributed by atoms with Crippen molar-refractivity contribution < 1.29 is 9.47 Å². The lowest BCUT2D eigenvalue weighted by Gasteiger charge is -2.28. The Balaban J connectivity index is 1.93. The van der Waals surface area contributed by atoms with E-state index in [9.17, 15) is 5.21 Å². The number of aromatic amines is 1. The highest BCUT2D eigenvalue weighted by molar-refractivity contribution is 6.03. The van der Waals surface area contributed by atoms with Crippen LogP contribution in [-0.2, 0) is 0 Å². The molecule has 1 fully saturated rings. The number of aromatic nitrogens is 5. The first-order chi connectivity index (χ1) is 14.8. The Labute approximate surface area is 173 Å². The first-order valence-corrected chi connectivity index (χ1v) is 10.1. The average molecular weight is 402 g/mol. The maximum atomic E-state index is 13.7. The Morgan fingerprint density at radius 3 is 2.53 bits per heavy atom. The number of piperidine rings is 1. The summed E-state index contributed by atoms with van der Waals surface area (Å²) in [5.74, 6) is 1.62. The maximum Gasteiger partial charge on any atom is 0.292 e. The van der Waals surface area contributed by atoms with Gasteiger partial charge in [-0.1, -0.05) is 30.3 Å². The fourth-order valence-electron chi connectivity index (χ4n) is 4.26. The second-order valence-corrected chi connectivity index (χ2v) is 7.40. The minimum Gasteiger partial charge on any atom is -0.710 e. The monoisotopic (exact) mass is 402 g/mol. The van der Waals surface area contributed by atoms with Crippen molar-refractivity contribution in [3.8, 4) is 28.3 Å². The second-order valence-electron chi connectivity index (χ2n) is 7.40. The smallest absolute Gasteiger partial charge is 0.292 e. The number of benzene rings is 2. The van der Waals surface area contributed by atoms with E-state index in [1.165, 1.54) is 6.42 Å². The number of hydrogen-bond acceptors (Lipinski definition) is 6. The van der Waals surface area contributed by atoms with Gasteiger partial charge >= 0.3 is 0 Å². The maximum absolute atomic E-state index is 13.7. The van der Waals surface area contributed by atoms with Gasteiger partial charge in [-0.3, -0.25) is 4.90 Å². The molecular formula is C22H22N6O2. The highest BCUT2D eigenvalue weighted by atomic mass is 16.5. The Bertz CT molecular complexity index is 1170. The standard InChI is InChI=1S/C22H22N6O2/c1-30-16-10-11-17-18(14-16)28(29)22(27-12-6-3-7-13-27)20(21-23-25-26-24-21)19(17)15-8-4-2-5-9-15/h2,4-5,8-11,14H,3,6-7,12-13H2,1H3,(H,23,24,25,26). The number of tetrazole rings is 1. The lowest BCUT2D eigenvalue weighted by molar-refractivity contribution is -0.563. The summed E-state index contributed by atoms with van der Waals surface area (Å²) in [6.07, 6.45) is 3.25. The Morgan fingerprint density at radius 2 is 1.83 bits per heavy atom. The summed E-state index contributed by atoms with van der Waals surface area (Å²) in [5.41, 5.74) is 3.17. The molecule has 0 saturated carbocycles. The molecule has 1 N–H and O–H groups in total. The van der Waals surface area contributed by atoms with Crippen molar-refractivity contribution >= 4 is 16.7 Å². The third-order valence-corrected chi connectivity index (χ3v) is 5.65. The second kappa shape index (κ2) is 7.62. The van der Waals surface area contributed by atoms with Crippen LogP contribution < -0.4 is 14.4 Å². The first-order valence-electron chi connectivity index (χ1n) is 10.1. The summed E-state index contributed by atoms with van der Waals surface area (Å²) in [7, 11) is 1.60. The summed E-state index contributed by atoms with van der Waals surface area (Å²) < 4.78 is 6.41. The van der Waals surface area contributed by atoms with E-state index in [2.05, 4.69) is 25.5 Å². The molecule has 0 aliphatic carbocycles. The van der Waals surface area contributed by atoms with Crippen LogP contribution in [0.25, 0.3) is 33.4 Å². The van der Waals surface area contributed by atoms with Crippen LogP contribution in [0.15, 0.2) is 48.5 Å². The van der Waals surface area contributed by atoms with Crippen molar-refractivity contribution in [2.45, 2.75) is 19.3 Å². The van der Waals surface area contributed by atoms with Crippen molar-refractivity contribution in [2.75, 3.05) is 25.1 Å². The van der Waals surface area contributed by atoms with Gasteiger partial charge in [0, 0.05) is 17.0 Å². The number of nitrogens with zero attached hydrogens (tertiary/aromatic N) is 5. The normalized spacial score (nSPS) is 14.2. The van der Waals surface area contributed by atoms with Crippen LogP contribution in [0.5, 0.6) is 5.75 Å². The van der Waals surface area contributed by atoms with Crippen LogP contribution in [0.1, 0.15) is 19.3 Å². The van der Waals surface area contributed by atoms with E-state index in [1.54, 1.807) is 13.2 Å². The quantitative estimate of drug-likeness (QED) is 0.416. The minimum atomic E-state index is 0.414. The lowest BCUT2D eigenvalue weighted by Crippen LogP contribution is -2.42. The van der Waals surface area contributed by atoms with Gasteiger partial charge in [0.25, 0.3) is 5.82 Å². The molecule has 0 atom stereocenters. The third-order valence-electron chi connectivity index (χ3n) is 5.65. The van der Waals surface area contributed by atoms with Crippen molar-refractivity contribution in [2.24, 2.45) is 0 Å². The molecule has 2 aromatic carbocycles. The van der Waals surface area contributed by atoms with Gasteiger partial charge in [0.1, 0.15) is 16.8 Å². The van der Waals surface area contributed by atoms with Gasteiger partial charge in [-0.05, 0) is 42.2 Å². The molecule has 8 nitrogen and oxygen atoms in total. The van der Waals surface area contributed by atoms with E-state index in [0.29, 0.717) is 28.5 Å². The summed E-state index contributed by atoms with van der Waals surface area (Å²) in [6, 6.07) is 15.6. The molecule has 30 heavy (non-hydrogen) atoms. The van der Waals surface area contributed by atoms with Gasteiger partial charge in [-0.15, -0.1) is 10.2 Å². The zero-order chi connectivity index (χ0) is 20.5. The van der Waals surface area contributed by atoms with Gasteiger partial charge in [-0.2, -0.15) is 5.21 Å². The van der Waals surface area contributed by atoms with E-state index in [-0.39, 0.29) is 0 Å². The van der Waals surface area contributed by atoms with Gasteiger partial charge in [0.2, 0.25) is 5.82 Å². The van der Waals surface area contributed by atoms with Crippen molar-refractivity contribution in [1.82, 2.24) is 20.6 Å². The Kier molecular flexibility index (Phi) is 4.66. The molecule has 0 amide bonds. The molecular weight excluding hydrogens is 380 g/mol. The predicted octanol–water partition coefficient (Wildman–Crippen LogP) is 3.32. The van der Waals surface area contributed by atoms with E-state index >= 15 is 0 Å². The summed E-state index contributed by atoms with van der Waals surface area (Å²) in [5, 5.41) is 29.4. The molecule has 0 radical (unpaired) electrons. The number of fused-ring (bicyclic) bond motifs is 1. The van der Waals surface area contributed by atoms with Gasteiger partial charge in [0.05, 0.1) is 20.2 Å². The summed E-state index contributed by atoms with van der Waals surface area (Å²) in [6.45, 7) is 1.63. The number of methoxy groups -OCH3 is 1. The molecule has 8 heteroatoms. The number of hydrogen-bond donors (Lipinski definition) is 1. The number of pyridine rings is 1.